The Hall–Kier alpha value is -3.27. The van der Waals surface area contributed by atoms with Gasteiger partial charge in [0.1, 0.15) is 11.2 Å². The SMILES string of the molecule is CC[Si](CC)(CC)OC(C)(C)c1ccnc(-c2cccc3cc(C(N[S@@](=O)C(C)(C)C)c4nc(N(C(=O)OC(C)(C)C)C(=O)OC(C)(C)C)ncc4Cl)sc23)c1. The summed E-state index contributed by atoms with van der Waals surface area (Å²) in [5.41, 5.74) is 0.564. The number of nitrogens with zero attached hydrogens (tertiary/aromatic N) is 4. The Kier molecular flexibility index (Phi) is 14.0. The van der Waals surface area contributed by atoms with Crippen molar-refractivity contribution in [2.45, 2.75) is 143 Å². The van der Waals surface area contributed by atoms with Gasteiger partial charge in [-0.1, -0.05) is 50.6 Å². The number of carbonyl (C=O) groups is 2. The standard InChI is InChI=1S/C41H58ClN5O6S2Si/c1-15-56(16-2,17-3)53-41(13,14)27-21-22-43-30(24-27)28-20-18-19-26-23-31(54-34(26)28)33(46-55(50)40(10,11)12)32-29(42)25-44-35(45-32)47(36(48)51-38(4,5)6)37(49)52-39(7,8)9/h18-25,33,46H,15-17H2,1-14H3/t33?,55-/m0/s1. The van der Waals surface area contributed by atoms with E-state index in [1.165, 1.54) is 17.5 Å². The van der Waals surface area contributed by atoms with Gasteiger partial charge in [0.05, 0.1) is 50.0 Å². The lowest BCUT2D eigenvalue weighted by Crippen LogP contribution is -2.45. The molecule has 1 unspecified atom stereocenters. The number of imide groups is 1. The van der Waals surface area contributed by atoms with Crippen molar-refractivity contribution < 1.29 is 27.7 Å². The Labute approximate surface area is 345 Å². The molecule has 3 heterocycles. The third-order valence-corrected chi connectivity index (χ3v) is 17.1. The van der Waals surface area contributed by atoms with Gasteiger partial charge in [-0.05, 0) is 123 Å². The van der Waals surface area contributed by atoms with Gasteiger partial charge in [0, 0.05) is 21.3 Å². The van der Waals surface area contributed by atoms with E-state index in [1.54, 1.807) is 41.5 Å². The van der Waals surface area contributed by atoms with Crippen LogP contribution in [0, 0.1) is 0 Å². The number of carbonyl (C=O) groups excluding carboxylic acids is 2. The molecule has 56 heavy (non-hydrogen) atoms. The Morgan fingerprint density at radius 3 is 2.02 bits per heavy atom. The Balaban J connectivity index is 1.88. The first-order valence-corrected chi connectivity index (χ1v) is 23.9. The summed E-state index contributed by atoms with van der Waals surface area (Å²) in [6.07, 6.45) is 1.09. The summed E-state index contributed by atoms with van der Waals surface area (Å²) in [5, 5.41) is 1.06. The van der Waals surface area contributed by atoms with Crippen LogP contribution in [0.25, 0.3) is 21.3 Å². The van der Waals surface area contributed by atoms with Crippen LogP contribution in [0.4, 0.5) is 15.5 Å². The third-order valence-electron chi connectivity index (χ3n) is 9.15. The second-order valence-electron chi connectivity index (χ2n) is 17.3. The van der Waals surface area contributed by atoms with Gasteiger partial charge in [-0.25, -0.2) is 28.5 Å². The van der Waals surface area contributed by atoms with E-state index in [0.29, 0.717) is 4.90 Å². The average Bonchev–Trinajstić information content (AvgIpc) is 3.53. The fourth-order valence-electron chi connectivity index (χ4n) is 6.01. The minimum Gasteiger partial charge on any atom is -0.443 e. The van der Waals surface area contributed by atoms with Gasteiger partial charge < -0.3 is 13.9 Å². The molecular formula is C41H58ClN5O6S2Si. The van der Waals surface area contributed by atoms with Crippen molar-refractivity contribution in [2.75, 3.05) is 4.90 Å². The van der Waals surface area contributed by atoms with Crippen molar-refractivity contribution in [1.29, 1.82) is 0 Å². The minimum absolute atomic E-state index is 0.130. The van der Waals surface area contributed by atoms with E-state index in [2.05, 4.69) is 50.4 Å². The maximum Gasteiger partial charge on any atom is 0.427 e. The first-order chi connectivity index (χ1) is 25.8. The van der Waals surface area contributed by atoms with E-state index >= 15 is 0 Å². The number of nitrogens with one attached hydrogen (secondary N) is 1. The quantitative estimate of drug-likeness (QED) is 0.138. The molecule has 3 aromatic heterocycles. The lowest BCUT2D eigenvalue weighted by molar-refractivity contribution is 0.0426. The molecule has 2 amide bonds. The summed E-state index contributed by atoms with van der Waals surface area (Å²) in [6.45, 7) is 26.6. The summed E-state index contributed by atoms with van der Waals surface area (Å²) < 4.78 is 35.5. The van der Waals surface area contributed by atoms with Crippen molar-refractivity contribution in [1.82, 2.24) is 19.7 Å². The minimum atomic E-state index is -1.92. The van der Waals surface area contributed by atoms with Crippen LogP contribution in [-0.2, 0) is 30.5 Å². The molecule has 0 bridgehead atoms. The lowest BCUT2D eigenvalue weighted by atomic mass is 9.97. The molecular weight excluding hydrogens is 786 g/mol. The maximum atomic E-state index is 13.8. The van der Waals surface area contributed by atoms with Crippen molar-refractivity contribution in [2.24, 2.45) is 0 Å². The number of anilines is 1. The van der Waals surface area contributed by atoms with Crippen molar-refractivity contribution >= 4 is 70.5 Å². The third kappa shape index (κ3) is 11.0. The zero-order valence-electron chi connectivity index (χ0n) is 35.3. The van der Waals surface area contributed by atoms with Gasteiger partial charge in [-0.3, -0.25) is 4.98 Å². The van der Waals surface area contributed by atoms with E-state index in [1.807, 2.05) is 57.3 Å². The molecule has 1 aromatic carbocycles. The number of hydrogen-bond donors (Lipinski definition) is 1. The number of pyridine rings is 1. The van der Waals surface area contributed by atoms with Crippen molar-refractivity contribution in [3.63, 3.8) is 0 Å². The zero-order chi connectivity index (χ0) is 42.0. The number of thiophene rings is 1. The molecule has 0 saturated heterocycles. The Morgan fingerprint density at radius 1 is 0.893 bits per heavy atom. The molecule has 11 nitrogen and oxygen atoms in total. The summed E-state index contributed by atoms with van der Waals surface area (Å²) in [5.74, 6) is -0.310. The van der Waals surface area contributed by atoms with Gasteiger partial charge in [-0.2, -0.15) is 0 Å². The molecule has 4 aromatic rings. The fraction of sp³-hybridized carbons (Fsp3) is 0.537. The predicted molar refractivity (Wildman–Crippen MR) is 231 cm³/mol. The average molecular weight is 845 g/mol. The van der Waals surface area contributed by atoms with E-state index in [9.17, 15) is 13.8 Å². The van der Waals surface area contributed by atoms with Gasteiger partial charge >= 0.3 is 12.2 Å². The normalized spacial score (nSPS) is 14.1. The number of amides is 2. The molecule has 0 spiro atoms. The highest BCUT2D eigenvalue weighted by atomic mass is 35.5. The molecule has 0 saturated carbocycles. The molecule has 0 radical (unpaired) electrons. The molecule has 4 rings (SSSR count). The first-order valence-electron chi connectivity index (χ1n) is 19.0. The van der Waals surface area contributed by atoms with Crippen LogP contribution >= 0.6 is 22.9 Å². The maximum absolute atomic E-state index is 13.8. The van der Waals surface area contributed by atoms with Crippen LogP contribution < -0.4 is 9.62 Å². The molecule has 0 aliphatic heterocycles. The predicted octanol–water partition coefficient (Wildman–Crippen LogP) is 11.5. The number of hydrogen-bond acceptors (Lipinski definition) is 10. The molecule has 0 aliphatic rings. The topological polar surface area (TPSA) is 133 Å². The number of halogens is 1. The highest BCUT2D eigenvalue weighted by Crippen LogP contribution is 2.41. The van der Waals surface area contributed by atoms with Crippen LogP contribution in [0.5, 0.6) is 0 Å². The number of benzene rings is 1. The summed E-state index contributed by atoms with van der Waals surface area (Å²) in [7, 11) is -3.53. The van der Waals surface area contributed by atoms with Crippen LogP contribution in [0.15, 0.2) is 48.8 Å². The second kappa shape index (κ2) is 17.3. The molecule has 2 atom stereocenters. The monoisotopic (exact) mass is 843 g/mol. The van der Waals surface area contributed by atoms with Gasteiger partial charge in [0.15, 0.2) is 8.32 Å². The number of rotatable bonds is 12. The smallest absolute Gasteiger partial charge is 0.427 e. The van der Waals surface area contributed by atoms with Crippen LogP contribution in [-0.4, -0.2) is 55.6 Å². The van der Waals surface area contributed by atoms with E-state index in [0.717, 1.165) is 49.9 Å². The summed E-state index contributed by atoms with van der Waals surface area (Å²) in [4.78, 5) is 42.2. The van der Waals surface area contributed by atoms with E-state index in [4.69, 9.17) is 35.5 Å². The largest absolute Gasteiger partial charge is 0.443 e. The van der Waals surface area contributed by atoms with E-state index < -0.39 is 59.1 Å². The molecule has 0 aliphatic carbocycles. The van der Waals surface area contributed by atoms with Crippen molar-refractivity contribution in [3.8, 4) is 11.3 Å². The molecule has 0 fully saturated rings. The first kappa shape index (κ1) is 45.4. The molecule has 306 valence electrons. The molecule has 1 N–H and O–H groups in total. The highest BCUT2D eigenvalue weighted by Gasteiger charge is 2.38. The zero-order valence-corrected chi connectivity index (χ0v) is 38.6. The number of ether oxygens (including phenoxy) is 2. The van der Waals surface area contributed by atoms with Crippen LogP contribution in [0.1, 0.15) is 119 Å². The van der Waals surface area contributed by atoms with Crippen LogP contribution in [0.3, 0.4) is 0 Å². The van der Waals surface area contributed by atoms with Gasteiger partial charge in [0.25, 0.3) is 0 Å². The summed E-state index contributed by atoms with van der Waals surface area (Å²) >= 11 is 8.33. The molecule has 15 heteroatoms. The Bertz CT molecular complexity index is 2030. The summed E-state index contributed by atoms with van der Waals surface area (Å²) in [6, 6.07) is 14.5. The fourth-order valence-corrected chi connectivity index (χ4v) is 11.5. The van der Waals surface area contributed by atoms with E-state index in [-0.39, 0.29) is 16.7 Å². The van der Waals surface area contributed by atoms with Crippen molar-refractivity contribution in [3.05, 3.63) is 69.9 Å². The lowest BCUT2D eigenvalue weighted by Gasteiger charge is -2.38. The van der Waals surface area contributed by atoms with Crippen LogP contribution in [0.2, 0.25) is 23.2 Å². The number of fused-ring (bicyclic) bond motifs is 1. The number of aromatic nitrogens is 3. The van der Waals surface area contributed by atoms with Gasteiger partial charge in [-0.15, -0.1) is 16.2 Å². The van der Waals surface area contributed by atoms with Gasteiger partial charge in [0.2, 0.25) is 5.95 Å². The Morgan fingerprint density at radius 2 is 1.48 bits per heavy atom. The highest BCUT2D eigenvalue weighted by molar-refractivity contribution is 7.84. The second-order valence-corrected chi connectivity index (χ2v) is 25.5.